The molecule has 0 bridgehead atoms. The zero-order valence-electron chi connectivity index (χ0n) is 20.1. The molecule has 1 unspecified atom stereocenters. The van der Waals surface area contributed by atoms with Crippen LogP contribution in [0.3, 0.4) is 0 Å². The number of rotatable bonds is 7. The Morgan fingerprint density at radius 1 is 0.971 bits per heavy atom. The van der Waals surface area contributed by atoms with Crippen LogP contribution in [0.15, 0.2) is 60.8 Å². The van der Waals surface area contributed by atoms with Crippen LogP contribution >= 0.6 is 0 Å². The number of para-hydroxylation sites is 1. The Bertz CT molecular complexity index is 1080. The van der Waals surface area contributed by atoms with Gasteiger partial charge in [-0.2, -0.15) is 0 Å². The summed E-state index contributed by atoms with van der Waals surface area (Å²) in [4.78, 5) is 13.3. The predicted molar refractivity (Wildman–Crippen MR) is 139 cm³/mol. The molecule has 5 rings (SSSR count). The lowest BCUT2D eigenvalue weighted by Gasteiger charge is -2.32. The van der Waals surface area contributed by atoms with Crippen LogP contribution in [0.25, 0.3) is 10.9 Å². The van der Waals surface area contributed by atoms with Crippen molar-refractivity contribution in [2.45, 2.75) is 69.5 Å². The van der Waals surface area contributed by atoms with Crippen LogP contribution < -0.4 is 16.4 Å². The molecular formula is C29H38N4O. The van der Waals surface area contributed by atoms with Gasteiger partial charge in [0.2, 0.25) is 5.91 Å². The molecule has 2 aromatic carbocycles. The average Bonchev–Trinajstić information content (AvgIpc) is 3.23. The zero-order chi connectivity index (χ0) is 23.3. The summed E-state index contributed by atoms with van der Waals surface area (Å²) in [5.74, 6) is 0.946. The lowest BCUT2D eigenvalue weighted by Crippen LogP contribution is -2.41. The second kappa shape index (κ2) is 10.7. The molecule has 0 spiro atoms. The van der Waals surface area contributed by atoms with Gasteiger partial charge in [-0.25, -0.2) is 0 Å². The first-order valence-electron chi connectivity index (χ1n) is 13.0. The molecule has 1 atom stereocenters. The monoisotopic (exact) mass is 458 g/mol. The second-order valence-electron chi connectivity index (χ2n) is 10.3. The van der Waals surface area contributed by atoms with Crippen molar-refractivity contribution in [1.82, 2.24) is 15.2 Å². The van der Waals surface area contributed by atoms with Crippen LogP contribution in [0.1, 0.15) is 62.0 Å². The molecule has 2 aliphatic rings. The van der Waals surface area contributed by atoms with E-state index in [0.717, 1.165) is 58.2 Å². The van der Waals surface area contributed by atoms with Crippen LogP contribution in [0, 0.1) is 5.92 Å². The van der Waals surface area contributed by atoms with E-state index in [4.69, 9.17) is 5.73 Å². The molecule has 0 radical (unpaired) electrons. The van der Waals surface area contributed by atoms with Gasteiger partial charge >= 0.3 is 0 Å². The smallest absolute Gasteiger partial charge is 0.220 e. The molecule has 1 aliphatic carbocycles. The summed E-state index contributed by atoms with van der Waals surface area (Å²) in [6.45, 7) is 2.91. The van der Waals surface area contributed by atoms with Crippen molar-refractivity contribution in [3.8, 4) is 0 Å². The van der Waals surface area contributed by atoms with Crippen molar-refractivity contribution >= 4 is 16.8 Å². The van der Waals surface area contributed by atoms with Gasteiger partial charge in [-0.05, 0) is 80.6 Å². The predicted octanol–water partition coefficient (Wildman–Crippen LogP) is 4.55. The van der Waals surface area contributed by atoms with Crippen molar-refractivity contribution < 1.29 is 4.79 Å². The number of aromatic nitrogens is 1. The van der Waals surface area contributed by atoms with E-state index in [1.807, 2.05) is 0 Å². The van der Waals surface area contributed by atoms with Crippen LogP contribution in [-0.2, 0) is 11.3 Å². The Kier molecular flexibility index (Phi) is 7.31. The topological polar surface area (TPSA) is 72.1 Å². The van der Waals surface area contributed by atoms with E-state index in [0.29, 0.717) is 18.4 Å². The summed E-state index contributed by atoms with van der Waals surface area (Å²) < 4.78 is 2.37. The van der Waals surface area contributed by atoms with Gasteiger partial charge in [0.1, 0.15) is 0 Å². The lowest BCUT2D eigenvalue weighted by molar-refractivity contribution is -0.122. The van der Waals surface area contributed by atoms with E-state index in [1.54, 1.807) is 0 Å². The summed E-state index contributed by atoms with van der Waals surface area (Å²) in [6, 6.07) is 19.9. The van der Waals surface area contributed by atoms with Gasteiger partial charge in [0.15, 0.2) is 0 Å². The summed E-state index contributed by atoms with van der Waals surface area (Å²) >= 11 is 0. The van der Waals surface area contributed by atoms with Gasteiger partial charge in [-0.15, -0.1) is 0 Å². The van der Waals surface area contributed by atoms with E-state index in [9.17, 15) is 4.79 Å². The Balaban J connectivity index is 1.42. The zero-order valence-corrected chi connectivity index (χ0v) is 20.1. The molecule has 1 saturated heterocycles. The van der Waals surface area contributed by atoms with Gasteiger partial charge in [-0.1, -0.05) is 48.5 Å². The number of nitrogens with one attached hydrogen (secondary N) is 2. The SMILES string of the molecule is NC1CCC(NC(=O)CC(c2cn(Cc3ccccc3)c3ccccc23)C2CCNCC2)CC1. The Labute approximate surface area is 203 Å². The molecule has 34 heavy (non-hydrogen) atoms. The third-order valence-corrected chi connectivity index (χ3v) is 7.91. The first-order valence-corrected chi connectivity index (χ1v) is 13.0. The molecule has 5 heteroatoms. The van der Waals surface area contributed by atoms with Crippen molar-refractivity contribution in [3.63, 3.8) is 0 Å². The maximum Gasteiger partial charge on any atom is 0.220 e. The molecule has 1 saturated carbocycles. The minimum absolute atomic E-state index is 0.198. The molecular weight excluding hydrogens is 420 g/mol. The molecule has 1 aromatic heterocycles. The molecule has 1 amide bonds. The normalized spacial score (nSPS) is 22.5. The number of hydrogen-bond donors (Lipinski definition) is 3. The Morgan fingerprint density at radius 2 is 1.68 bits per heavy atom. The van der Waals surface area contributed by atoms with Gasteiger partial charge in [0.25, 0.3) is 0 Å². The van der Waals surface area contributed by atoms with Crippen molar-refractivity contribution in [2.24, 2.45) is 11.7 Å². The van der Waals surface area contributed by atoms with Crippen LogP contribution in [0.5, 0.6) is 0 Å². The fourth-order valence-corrected chi connectivity index (χ4v) is 6.01. The van der Waals surface area contributed by atoms with Crippen LogP contribution in [-0.4, -0.2) is 35.6 Å². The van der Waals surface area contributed by atoms with E-state index >= 15 is 0 Å². The number of carbonyl (C=O) groups is 1. The largest absolute Gasteiger partial charge is 0.353 e. The Morgan fingerprint density at radius 3 is 2.44 bits per heavy atom. The number of nitrogens with zero attached hydrogens (tertiary/aromatic N) is 1. The second-order valence-corrected chi connectivity index (χ2v) is 10.3. The number of hydrogen-bond acceptors (Lipinski definition) is 3. The van der Waals surface area contributed by atoms with E-state index in [-0.39, 0.29) is 17.9 Å². The first-order chi connectivity index (χ1) is 16.7. The third kappa shape index (κ3) is 5.37. The molecule has 2 fully saturated rings. The number of benzene rings is 2. The van der Waals surface area contributed by atoms with Gasteiger partial charge in [0, 0.05) is 42.1 Å². The Hall–Kier alpha value is -2.63. The van der Waals surface area contributed by atoms with Gasteiger partial charge in [0.05, 0.1) is 0 Å². The maximum atomic E-state index is 13.3. The van der Waals surface area contributed by atoms with Crippen molar-refractivity contribution in [1.29, 1.82) is 0 Å². The highest BCUT2D eigenvalue weighted by atomic mass is 16.1. The first kappa shape index (κ1) is 23.1. The maximum absolute atomic E-state index is 13.3. The fraction of sp³-hybridized carbons (Fsp3) is 0.483. The van der Waals surface area contributed by atoms with Crippen molar-refractivity contribution in [2.75, 3.05) is 13.1 Å². The minimum atomic E-state index is 0.198. The fourth-order valence-electron chi connectivity index (χ4n) is 6.01. The summed E-state index contributed by atoms with van der Waals surface area (Å²) in [6.07, 6.45) is 9.15. The number of piperidine rings is 1. The number of carbonyl (C=O) groups excluding carboxylic acids is 1. The molecule has 1 aliphatic heterocycles. The van der Waals surface area contributed by atoms with E-state index < -0.39 is 0 Å². The average molecular weight is 459 g/mol. The lowest BCUT2D eigenvalue weighted by atomic mass is 9.78. The summed E-state index contributed by atoms with van der Waals surface area (Å²) in [5.41, 5.74) is 9.95. The highest BCUT2D eigenvalue weighted by Gasteiger charge is 2.30. The van der Waals surface area contributed by atoms with Gasteiger partial charge < -0.3 is 20.9 Å². The highest BCUT2D eigenvalue weighted by molar-refractivity contribution is 5.86. The summed E-state index contributed by atoms with van der Waals surface area (Å²) in [7, 11) is 0. The third-order valence-electron chi connectivity index (χ3n) is 7.91. The summed E-state index contributed by atoms with van der Waals surface area (Å²) in [5, 5.41) is 8.15. The van der Waals surface area contributed by atoms with E-state index in [2.05, 4.69) is 76.0 Å². The molecule has 2 heterocycles. The van der Waals surface area contributed by atoms with Crippen LogP contribution in [0.4, 0.5) is 0 Å². The molecule has 180 valence electrons. The minimum Gasteiger partial charge on any atom is -0.353 e. The highest BCUT2D eigenvalue weighted by Crippen LogP contribution is 2.39. The molecule has 3 aromatic rings. The van der Waals surface area contributed by atoms with Crippen molar-refractivity contribution in [3.05, 3.63) is 71.9 Å². The number of nitrogens with two attached hydrogens (primary N) is 1. The standard InChI is InChI=1S/C29H38N4O/c30-23-10-12-24(13-11-23)32-29(34)18-26(22-14-16-31-17-15-22)27-20-33(19-21-6-2-1-3-7-21)28-9-5-4-8-25(27)28/h1-9,20,22-24,26,31H,10-19,30H2,(H,32,34). The molecule has 5 nitrogen and oxygen atoms in total. The number of fused-ring (bicyclic) bond motifs is 1. The van der Waals surface area contributed by atoms with Gasteiger partial charge in [-0.3, -0.25) is 4.79 Å². The van der Waals surface area contributed by atoms with Crippen LogP contribution in [0.2, 0.25) is 0 Å². The quantitative estimate of drug-likeness (QED) is 0.486. The van der Waals surface area contributed by atoms with E-state index in [1.165, 1.54) is 22.0 Å². The molecule has 4 N–H and O–H groups in total. The number of amides is 1.